The molecule has 0 fully saturated rings. The minimum absolute atomic E-state index is 0. The number of para-hydroxylation sites is 1. The lowest BCUT2D eigenvalue weighted by Gasteiger charge is -2.14. The Bertz CT molecular complexity index is 659. The van der Waals surface area contributed by atoms with Gasteiger partial charge in [0.05, 0.1) is 0 Å². The molecule has 0 radical (unpaired) electrons. The fourth-order valence-electron chi connectivity index (χ4n) is 2.30. The van der Waals surface area contributed by atoms with E-state index in [1.807, 2.05) is 28.8 Å². The first-order valence-corrected chi connectivity index (χ1v) is 8.42. The van der Waals surface area contributed by atoms with Gasteiger partial charge in [0.15, 0.2) is 5.96 Å². The van der Waals surface area contributed by atoms with Gasteiger partial charge in [-0.1, -0.05) is 30.9 Å². The van der Waals surface area contributed by atoms with Crippen molar-refractivity contribution in [1.29, 1.82) is 0 Å². The number of aryl methyl sites for hydroxylation is 1. The zero-order valence-electron chi connectivity index (χ0n) is 15.1. The van der Waals surface area contributed by atoms with Crippen LogP contribution >= 0.6 is 24.0 Å². The van der Waals surface area contributed by atoms with Crippen LogP contribution in [0.2, 0.25) is 0 Å². The van der Waals surface area contributed by atoms with Crippen LogP contribution in [-0.2, 0) is 13.1 Å². The Morgan fingerprint density at radius 3 is 2.73 bits per heavy atom. The lowest BCUT2D eigenvalue weighted by Crippen LogP contribution is -2.37. The molecule has 1 heterocycles. The molecule has 0 atom stereocenters. The van der Waals surface area contributed by atoms with Crippen LogP contribution in [0.25, 0.3) is 0 Å². The highest BCUT2D eigenvalue weighted by Crippen LogP contribution is 2.17. The van der Waals surface area contributed by atoms with Crippen molar-refractivity contribution in [2.24, 2.45) is 4.99 Å². The number of halogens is 1. The molecule has 0 saturated heterocycles. The summed E-state index contributed by atoms with van der Waals surface area (Å²) < 4.78 is 7.65. The average molecular weight is 470 g/mol. The Hall–Kier alpha value is -2.10. The molecule has 0 amide bonds. The van der Waals surface area contributed by atoms with Crippen LogP contribution in [0.15, 0.2) is 54.6 Å². The monoisotopic (exact) mass is 470 g/mol. The minimum atomic E-state index is 0. The summed E-state index contributed by atoms with van der Waals surface area (Å²) in [5.41, 5.74) is 1.08. The summed E-state index contributed by atoms with van der Waals surface area (Å²) in [6.07, 6.45) is 7.31. The van der Waals surface area contributed by atoms with Gasteiger partial charge >= 0.3 is 0 Å². The van der Waals surface area contributed by atoms with Gasteiger partial charge < -0.3 is 19.9 Å². The van der Waals surface area contributed by atoms with Gasteiger partial charge in [0, 0.05) is 32.2 Å². The molecule has 0 unspecified atom stereocenters. The van der Waals surface area contributed by atoms with Crippen LogP contribution in [0.1, 0.15) is 18.4 Å². The molecule has 142 valence electrons. The number of aliphatic imine (C=N–C) groups is 1. The summed E-state index contributed by atoms with van der Waals surface area (Å²) in [5, 5.41) is 14.2. The van der Waals surface area contributed by atoms with Crippen molar-refractivity contribution in [1.82, 2.24) is 25.4 Å². The lowest BCUT2D eigenvalue weighted by molar-refractivity contribution is 0.358. The highest BCUT2D eigenvalue weighted by molar-refractivity contribution is 14.0. The Balaban J connectivity index is 0.00000338. The summed E-state index contributed by atoms with van der Waals surface area (Å²) in [6.45, 7) is 6.61. The summed E-state index contributed by atoms with van der Waals surface area (Å²) in [7, 11) is 1.77. The van der Waals surface area contributed by atoms with E-state index in [0.717, 1.165) is 43.2 Å². The summed E-state index contributed by atoms with van der Waals surface area (Å²) >= 11 is 0. The molecule has 0 aliphatic heterocycles. The molecular formula is C18H27IN6O. The topological polar surface area (TPSA) is 76.4 Å². The molecule has 8 heteroatoms. The van der Waals surface area contributed by atoms with E-state index in [1.165, 1.54) is 0 Å². The van der Waals surface area contributed by atoms with Crippen molar-refractivity contribution in [2.45, 2.75) is 25.9 Å². The van der Waals surface area contributed by atoms with Gasteiger partial charge in [-0.3, -0.25) is 4.99 Å². The van der Waals surface area contributed by atoms with E-state index in [9.17, 15) is 0 Å². The van der Waals surface area contributed by atoms with E-state index in [2.05, 4.69) is 32.4 Å². The molecule has 0 bridgehead atoms. The van der Waals surface area contributed by atoms with E-state index in [0.29, 0.717) is 13.2 Å². The molecule has 0 saturated carbocycles. The predicted octanol–water partition coefficient (Wildman–Crippen LogP) is 2.61. The standard InChI is InChI=1S/C18H26N6O.HI/c1-3-12-25-17-9-5-4-8-16(17)13-21-18(19-2)20-10-6-7-11-24-14-22-23-15-24;/h3-5,8-9,14-15H,1,6-7,10-13H2,2H3,(H2,19,20,21);1H. The molecule has 0 aliphatic rings. The quantitative estimate of drug-likeness (QED) is 0.184. The van der Waals surface area contributed by atoms with E-state index in [4.69, 9.17) is 4.74 Å². The van der Waals surface area contributed by atoms with Crippen LogP contribution in [0.5, 0.6) is 5.75 Å². The maximum atomic E-state index is 5.67. The number of nitrogens with one attached hydrogen (secondary N) is 2. The van der Waals surface area contributed by atoms with E-state index < -0.39 is 0 Å². The van der Waals surface area contributed by atoms with E-state index >= 15 is 0 Å². The smallest absolute Gasteiger partial charge is 0.191 e. The number of benzene rings is 1. The normalized spacial score (nSPS) is 10.7. The van der Waals surface area contributed by atoms with Gasteiger partial charge in [0.25, 0.3) is 0 Å². The Morgan fingerprint density at radius 2 is 2.00 bits per heavy atom. The highest BCUT2D eigenvalue weighted by atomic mass is 127. The third-order valence-electron chi connectivity index (χ3n) is 3.60. The predicted molar refractivity (Wildman–Crippen MR) is 115 cm³/mol. The number of unbranched alkanes of at least 4 members (excludes halogenated alkanes) is 1. The molecule has 7 nitrogen and oxygen atoms in total. The number of nitrogens with zero attached hydrogens (tertiary/aromatic N) is 4. The van der Waals surface area contributed by atoms with Gasteiger partial charge in [-0.15, -0.1) is 34.2 Å². The van der Waals surface area contributed by atoms with Crippen molar-refractivity contribution >= 4 is 29.9 Å². The van der Waals surface area contributed by atoms with Gasteiger partial charge in [0.1, 0.15) is 25.0 Å². The molecule has 0 aliphatic carbocycles. The molecule has 2 rings (SSSR count). The van der Waals surface area contributed by atoms with Crippen molar-refractivity contribution in [3.05, 3.63) is 55.1 Å². The van der Waals surface area contributed by atoms with Gasteiger partial charge in [-0.25, -0.2) is 0 Å². The Morgan fingerprint density at radius 1 is 1.23 bits per heavy atom. The number of guanidine groups is 1. The number of hydrogen-bond donors (Lipinski definition) is 2. The summed E-state index contributed by atoms with van der Waals surface area (Å²) in [5.74, 6) is 1.64. The van der Waals surface area contributed by atoms with Crippen LogP contribution in [0, 0.1) is 0 Å². The molecule has 1 aromatic heterocycles. The number of rotatable bonds is 10. The Kier molecular flexibility index (Phi) is 11.1. The molecule has 2 N–H and O–H groups in total. The molecular weight excluding hydrogens is 443 g/mol. The van der Waals surface area contributed by atoms with Crippen molar-refractivity contribution in [3.8, 4) is 5.75 Å². The van der Waals surface area contributed by atoms with Gasteiger partial charge in [-0.2, -0.15) is 0 Å². The van der Waals surface area contributed by atoms with Gasteiger partial charge in [0.2, 0.25) is 0 Å². The maximum absolute atomic E-state index is 5.67. The fraction of sp³-hybridized carbons (Fsp3) is 0.389. The third-order valence-corrected chi connectivity index (χ3v) is 3.60. The molecule has 1 aromatic carbocycles. The first-order valence-electron chi connectivity index (χ1n) is 8.42. The van der Waals surface area contributed by atoms with Gasteiger partial charge in [-0.05, 0) is 18.9 Å². The van der Waals surface area contributed by atoms with Crippen LogP contribution < -0.4 is 15.4 Å². The zero-order valence-corrected chi connectivity index (χ0v) is 17.4. The number of ether oxygens (including phenoxy) is 1. The van der Waals surface area contributed by atoms with Crippen LogP contribution in [0.4, 0.5) is 0 Å². The third kappa shape index (κ3) is 7.85. The SMILES string of the molecule is C=CCOc1ccccc1CNC(=NC)NCCCCn1cnnc1.I. The van der Waals surface area contributed by atoms with Crippen molar-refractivity contribution < 1.29 is 4.74 Å². The second-order valence-corrected chi connectivity index (χ2v) is 5.47. The maximum Gasteiger partial charge on any atom is 0.191 e. The van der Waals surface area contributed by atoms with Crippen LogP contribution in [0.3, 0.4) is 0 Å². The second kappa shape index (κ2) is 13.2. The first-order chi connectivity index (χ1) is 12.3. The Labute approximate surface area is 172 Å². The zero-order chi connectivity index (χ0) is 17.7. The average Bonchev–Trinajstić information content (AvgIpc) is 3.16. The summed E-state index contributed by atoms with van der Waals surface area (Å²) in [6, 6.07) is 7.96. The largest absolute Gasteiger partial charge is 0.489 e. The number of aromatic nitrogens is 3. The lowest BCUT2D eigenvalue weighted by atomic mass is 10.2. The second-order valence-electron chi connectivity index (χ2n) is 5.47. The fourth-order valence-corrected chi connectivity index (χ4v) is 2.30. The van der Waals surface area contributed by atoms with Crippen molar-refractivity contribution in [2.75, 3.05) is 20.2 Å². The minimum Gasteiger partial charge on any atom is -0.489 e. The van der Waals surface area contributed by atoms with Crippen molar-refractivity contribution in [3.63, 3.8) is 0 Å². The molecule has 2 aromatic rings. The van der Waals surface area contributed by atoms with E-state index in [-0.39, 0.29) is 24.0 Å². The number of hydrogen-bond acceptors (Lipinski definition) is 4. The van der Waals surface area contributed by atoms with Crippen LogP contribution in [-0.4, -0.2) is 40.9 Å². The summed E-state index contributed by atoms with van der Waals surface area (Å²) in [4.78, 5) is 4.25. The highest BCUT2D eigenvalue weighted by Gasteiger charge is 2.04. The first kappa shape index (κ1) is 21.9. The molecule has 0 spiro atoms. The van der Waals surface area contributed by atoms with E-state index in [1.54, 1.807) is 25.8 Å². The molecule has 26 heavy (non-hydrogen) atoms.